The zero-order valence-corrected chi connectivity index (χ0v) is 19.7. The van der Waals surface area contributed by atoms with Crippen LogP contribution in [-0.4, -0.2) is 42.2 Å². The molecule has 0 saturated heterocycles. The molecule has 4 aromatic rings. The van der Waals surface area contributed by atoms with Gasteiger partial charge in [-0.1, -0.05) is 42.5 Å². The molecule has 1 N–H and O–H groups in total. The second kappa shape index (κ2) is 11.0. The maximum absolute atomic E-state index is 14.5. The van der Waals surface area contributed by atoms with Gasteiger partial charge in [0.15, 0.2) is 0 Å². The molecule has 2 heterocycles. The van der Waals surface area contributed by atoms with Crippen molar-refractivity contribution in [2.24, 2.45) is 0 Å². The van der Waals surface area contributed by atoms with Gasteiger partial charge in [-0.25, -0.2) is 13.8 Å². The van der Waals surface area contributed by atoms with Gasteiger partial charge in [-0.3, -0.25) is 9.89 Å². The van der Waals surface area contributed by atoms with Crippen LogP contribution in [0.4, 0.5) is 8.78 Å². The third-order valence-electron chi connectivity index (χ3n) is 5.87. The topological polar surface area (TPSA) is 46.4 Å². The second-order valence-corrected chi connectivity index (χ2v) is 8.43. The molecule has 0 aliphatic carbocycles. The number of nitrogens with one attached hydrogen (secondary N) is 1. The van der Waals surface area contributed by atoms with Crippen LogP contribution in [0.5, 0.6) is 11.6 Å². The van der Waals surface area contributed by atoms with E-state index in [0.717, 1.165) is 37.0 Å². The Morgan fingerprint density at radius 3 is 2.36 bits per heavy atom. The summed E-state index contributed by atoms with van der Waals surface area (Å²) < 4.78 is 41.9. The van der Waals surface area contributed by atoms with Crippen LogP contribution in [0.15, 0.2) is 84.9 Å². The molecule has 0 amide bonds. The lowest BCUT2D eigenvalue weighted by Crippen LogP contribution is -2.11. The van der Waals surface area contributed by atoms with Crippen molar-refractivity contribution in [1.29, 1.82) is 0 Å². The van der Waals surface area contributed by atoms with Crippen LogP contribution in [-0.2, 0) is 6.54 Å². The summed E-state index contributed by atoms with van der Waals surface area (Å²) in [5, 5.41) is 3.21. The van der Waals surface area contributed by atoms with Gasteiger partial charge < -0.3 is 9.47 Å². The molecule has 0 bridgehead atoms. The van der Waals surface area contributed by atoms with Gasteiger partial charge in [-0.2, -0.15) is 0 Å². The van der Waals surface area contributed by atoms with Crippen LogP contribution in [0.3, 0.4) is 0 Å². The Balaban J connectivity index is 1.24. The van der Waals surface area contributed by atoms with Crippen molar-refractivity contribution in [1.82, 2.24) is 10.3 Å². The van der Waals surface area contributed by atoms with Crippen LogP contribution in [0.2, 0.25) is 0 Å². The van der Waals surface area contributed by atoms with Gasteiger partial charge in [0, 0.05) is 28.8 Å². The van der Waals surface area contributed by atoms with Crippen molar-refractivity contribution >= 4 is 6.34 Å². The van der Waals surface area contributed by atoms with Crippen molar-refractivity contribution in [3.8, 4) is 34.0 Å². The standard InChI is InChI=1S/C29H25F2N3O2/c30-23-8-11-25(27(31)18-23)26-12-13-28(33-29(26)22-4-2-1-3-5-22)36-17-16-35-24-9-6-21(7-10-24)19-34-15-14-32-20-34/h1-13,18,20H,14-17,19H2/p+1. The van der Waals surface area contributed by atoms with E-state index in [2.05, 4.69) is 27.0 Å². The molecule has 0 fully saturated rings. The Hall–Kier alpha value is -4.26. The van der Waals surface area contributed by atoms with E-state index in [1.54, 1.807) is 12.1 Å². The van der Waals surface area contributed by atoms with Crippen molar-refractivity contribution in [2.45, 2.75) is 6.54 Å². The highest BCUT2D eigenvalue weighted by atomic mass is 19.1. The summed E-state index contributed by atoms with van der Waals surface area (Å²) >= 11 is 0. The minimum absolute atomic E-state index is 0.278. The fourth-order valence-corrected chi connectivity index (χ4v) is 4.09. The monoisotopic (exact) mass is 486 g/mol. The zero-order valence-electron chi connectivity index (χ0n) is 19.7. The normalized spacial score (nSPS) is 12.7. The number of rotatable bonds is 9. The molecular formula is C29H26F2N3O2+. The van der Waals surface area contributed by atoms with Gasteiger partial charge in [0.1, 0.15) is 50.2 Å². The highest BCUT2D eigenvalue weighted by Gasteiger charge is 2.15. The van der Waals surface area contributed by atoms with Gasteiger partial charge in [-0.05, 0) is 35.9 Å². The first-order chi connectivity index (χ1) is 17.7. The van der Waals surface area contributed by atoms with Crippen molar-refractivity contribution in [3.63, 3.8) is 0 Å². The molecule has 36 heavy (non-hydrogen) atoms. The Morgan fingerprint density at radius 1 is 0.833 bits per heavy atom. The minimum atomic E-state index is -0.641. The highest BCUT2D eigenvalue weighted by Crippen LogP contribution is 2.34. The van der Waals surface area contributed by atoms with Crippen LogP contribution >= 0.6 is 0 Å². The lowest BCUT2D eigenvalue weighted by atomic mass is 9.99. The Morgan fingerprint density at radius 2 is 1.61 bits per heavy atom. The number of aromatic nitrogens is 1. The molecule has 5 rings (SSSR count). The Kier molecular flexibility index (Phi) is 7.17. The summed E-state index contributed by atoms with van der Waals surface area (Å²) in [4.78, 5) is 4.64. The summed E-state index contributed by atoms with van der Waals surface area (Å²) in [6.07, 6.45) is 2.02. The first kappa shape index (κ1) is 23.5. The number of benzene rings is 3. The minimum Gasteiger partial charge on any atom is -0.490 e. The fraction of sp³-hybridized carbons (Fsp3) is 0.172. The zero-order chi connectivity index (χ0) is 24.7. The second-order valence-electron chi connectivity index (χ2n) is 8.43. The molecule has 182 valence electrons. The molecule has 5 nitrogen and oxygen atoms in total. The Labute approximate surface area is 208 Å². The molecule has 0 unspecified atom stereocenters. The van der Waals surface area contributed by atoms with E-state index in [1.807, 2.05) is 48.8 Å². The number of hydrogen-bond acceptors (Lipinski definition) is 4. The van der Waals surface area contributed by atoms with E-state index < -0.39 is 11.6 Å². The predicted octanol–water partition coefficient (Wildman–Crippen LogP) is 5.30. The van der Waals surface area contributed by atoms with Crippen LogP contribution in [0.25, 0.3) is 22.4 Å². The average molecular weight is 487 g/mol. The number of halogens is 2. The lowest BCUT2D eigenvalue weighted by Gasteiger charge is -2.13. The number of ether oxygens (including phenoxy) is 2. The summed E-state index contributed by atoms with van der Waals surface area (Å²) in [5.74, 6) is -0.0970. The quantitative estimate of drug-likeness (QED) is 0.258. The lowest BCUT2D eigenvalue weighted by molar-refractivity contribution is -0.530. The van der Waals surface area contributed by atoms with Crippen LogP contribution in [0, 0.1) is 11.6 Å². The van der Waals surface area contributed by atoms with E-state index in [-0.39, 0.29) is 5.56 Å². The number of hydrogen-bond donors (Lipinski definition) is 1. The average Bonchev–Trinajstić information content (AvgIpc) is 3.41. The molecular weight excluding hydrogens is 460 g/mol. The fourth-order valence-electron chi connectivity index (χ4n) is 4.09. The van der Waals surface area contributed by atoms with Gasteiger partial charge >= 0.3 is 0 Å². The van der Waals surface area contributed by atoms with E-state index >= 15 is 0 Å². The summed E-state index contributed by atoms with van der Waals surface area (Å²) in [5.41, 5.74) is 3.42. The maximum atomic E-state index is 14.5. The Bertz CT molecular complexity index is 1360. The first-order valence-corrected chi connectivity index (χ1v) is 11.8. The molecule has 0 saturated carbocycles. The molecule has 0 radical (unpaired) electrons. The SMILES string of the molecule is Fc1ccc(-c2ccc(OCCOc3ccc(C[N+]4=CNCC4)cc3)nc2-c2ccccc2)c(F)c1. The largest absolute Gasteiger partial charge is 0.490 e. The number of pyridine rings is 1. The molecule has 3 aromatic carbocycles. The highest BCUT2D eigenvalue weighted by molar-refractivity contribution is 5.81. The smallest absolute Gasteiger partial charge is 0.232 e. The molecule has 1 aliphatic heterocycles. The van der Waals surface area contributed by atoms with E-state index in [1.165, 1.54) is 17.7 Å². The van der Waals surface area contributed by atoms with Crippen molar-refractivity contribution < 1.29 is 22.8 Å². The first-order valence-electron chi connectivity index (χ1n) is 11.8. The summed E-state index contributed by atoms with van der Waals surface area (Å²) in [6.45, 7) is 3.50. The van der Waals surface area contributed by atoms with Gasteiger partial charge in [0.05, 0.1) is 5.69 Å². The third kappa shape index (κ3) is 5.68. The van der Waals surface area contributed by atoms with Gasteiger partial charge in [0.2, 0.25) is 12.2 Å². The van der Waals surface area contributed by atoms with Crippen LogP contribution < -0.4 is 14.8 Å². The number of nitrogens with zero attached hydrogens (tertiary/aromatic N) is 2. The van der Waals surface area contributed by atoms with Gasteiger partial charge in [-0.15, -0.1) is 0 Å². The van der Waals surface area contributed by atoms with Crippen molar-refractivity contribution in [3.05, 3.63) is 102 Å². The van der Waals surface area contributed by atoms with Crippen LogP contribution in [0.1, 0.15) is 5.56 Å². The molecule has 0 atom stereocenters. The third-order valence-corrected chi connectivity index (χ3v) is 5.87. The summed E-state index contributed by atoms with van der Waals surface area (Å²) in [7, 11) is 0. The van der Waals surface area contributed by atoms with Crippen molar-refractivity contribution in [2.75, 3.05) is 26.3 Å². The van der Waals surface area contributed by atoms with E-state index in [9.17, 15) is 8.78 Å². The molecule has 1 aliphatic rings. The van der Waals surface area contributed by atoms with Gasteiger partial charge in [0.25, 0.3) is 0 Å². The van der Waals surface area contributed by atoms with E-state index in [0.29, 0.717) is 30.4 Å². The maximum Gasteiger partial charge on any atom is 0.232 e. The molecule has 7 heteroatoms. The molecule has 1 aromatic heterocycles. The summed E-state index contributed by atoms with van der Waals surface area (Å²) in [6, 6.07) is 24.4. The van der Waals surface area contributed by atoms with E-state index in [4.69, 9.17) is 9.47 Å². The predicted molar refractivity (Wildman–Crippen MR) is 135 cm³/mol. The molecule has 0 spiro atoms.